The number of nitrogens with zero attached hydrogens (tertiary/aromatic N) is 1. The predicted octanol–water partition coefficient (Wildman–Crippen LogP) is 2.87. The summed E-state index contributed by atoms with van der Waals surface area (Å²) in [6.45, 7) is 4.68. The lowest BCUT2D eigenvalue weighted by molar-refractivity contribution is 0.0636. The van der Waals surface area contributed by atoms with Gasteiger partial charge in [-0.15, -0.1) is 0 Å². The van der Waals surface area contributed by atoms with Crippen LogP contribution in [0.25, 0.3) is 0 Å². The van der Waals surface area contributed by atoms with Crippen LogP contribution in [0.2, 0.25) is 0 Å². The molecule has 25 heavy (non-hydrogen) atoms. The van der Waals surface area contributed by atoms with Crippen molar-refractivity contribution in [3.8, 4) is 0 Å². The second kappa shape index (κ2) is 6.89. The van der Waals surface area contributed by atoms with Crippen LogP contribution < -0.4 is 5.32 Å². The van der Waals surface area contributed by atoms with E-state index in [2.05, 4.69) is 5.32 Å². The SMILES string of the molecule is CC(C)CN1C(=O)c2ccc(C(=O)NCc3ccccc3)cc2C1=O. The third-order valence-corrected chi connectivity index (χ3v) is 4.08. The maximum atomic E-state index is 12.5. The summed E-state index contributed by atoms with van der Waals surface area (Å²) >= 11 is 0. The summed E-state index contributed by atoms with van der Waals surface area (Å²) in [4.78, 5) is 38.4. The molecule has 2 aromatic rings. The number of rotatable bonds is 5. The third kappa shape index (κ3) is 3.45. The first-order valence-electron chi connectivity index (χ1n) is 8.29. The number of hydrogen-bond acceptors (Lipinski definition) is 3. The van der Waals surface area contributed by atoms with Crippen molar-refractivity contribution < 1.29 is 14.4 Å². The van der Waals surface area contributed by atoms with Crippen molar-refractivity contribution in [2.45, 2.75) is 20.4 Å². The van der Waals surface area contributed by atoms with Crippen molar-refractivity contribution in [2.75, 3.05) is 6.54 Å². The van der Waals surface area contributed by atoms with Crippen molar-refractivity contribution in [1.82, 2.24) is 10.2 Å². The molecule has 128 valence electrons. The molecule has 0 spiro atoms. The van der Waals surface area contributed by atoms with E-state index in [9.17, 15) is 14.4 Å². The number of amides is 3. The molecule has 0 bridgehead atoms. The Morgan fingerprint density at radius 1 is 1.00 bits per heavy atom. The highest BCUT2D eigenvalue weighted by Gasteiger charge is 2.36. The summed E-state index contributed by atoms with van der Waals surface area (Å²) in [6.07, 6.45) is 0. The zero-order valence-electron chi connectivity index (χ0n) is 14.3. The molecule has 3 rings (SSSR count). The fourth-order valence-corrected chi connectivity index (χ4v) is 2.84. The highest BCUT2D eigenvalue weighted by Crippen LogP contribution is 2.24. The number of carbonyl (C=O) groups is 3. The van der Waals surface area contributed by atoms with Gasteiger partial charge in [0.15, 0.2) is 0 Å². The van der Waals surface area contributed by atoms with E-state index in [-0.39, 0.29) is 23.6 Å². The summed E-state index contributed by atoms with van der Waals surface area (Å²) in [5.74, 6) is -0.693. The van der Waals surface area contributed by atoms with Crippen LogP contribution >= 0.6 is 0 Å². The molecule has 1 N–H and O–H groups in total. The first kappa shape index (κ1) is 16.9. The van der Waals surface area contributed by atoms with Gasteiger partial charge in [0.25, 0.3) is 17.7 Å². The predicted molar refractivity (Wildman–Crippen MR) is 94.3 cm³/mol. The summed E-state index contributed by atoms with van der Waals surface area (Å²) in [6, 6.07) is 14.2. The molecule has 5 heteroatoms. The second-order valence-corrected chi connectivity index (χ2v) is 6.54. The van der Waals surface area contributed by atoms with E-state index < -0.39 is 0 Å². The van der Waals surface area contributed by atoms with Gasteiger partial charge in [0, 0.05) is 18.7 Å². The Bertz CT molecular complexity index is 828. The van der Waals surface area contributed by atoms with E-state index in [4.69, 9.17) is 0 Å². The summed E-state index contributed by atoms with van der Waals surface area (Å²) in [5.41, 5.74) is 2.04. The summed E-state index contributed by atoms with van der Waals surface area (Å²) < 4.78 is 0. The van der Waals surface area contributed by atoms with Crippen molar-refractivity contribution >= 4 is 17.7 Å². The van der Waals surface area contributed by atoms with Crippen LogP contribution in [0.1, 0.15) is 50.5 Å². The van der Waals surface area contributed by atoms with Gasteiger partial charge in [-0.05, 0) is 29.7 Å². The molecule has 1 aliphatic rings. The normalized spacial score (nSPS) is 13.3. The Morgan fingerprint density at radius 3 is 2.36 bits per heavy atom. The van der Waals surface area contributed by atoms with Gasteiger partial charge in [0.1, 0.15) is 0 Å². The molecule has 0 radical (unpaired) electrons. The van der Waals surface area contributed by atoms with E-state index in [0.29, 0.717) is 29.8 Å². The molecule has 1 heterocycles. The van der Waals surface area contributed by atoms with Gasteiger partial charge in [0.05, 0.1) is 11.1 Å². The van der Waals surface area contributed by atoms with Gasteiger partial charge in [-0.1, -0.05) is 44.2 Å². The van der Waals surface area contributed by atoms with Crippen molar-refractivity contribution in [2.24, 2.45) is 5.92 Å². The van der Waals surface area contributed by atoms with Crippen LogP contribution in [0.5, 0.6) is 0 Å². The molecule has 1 aliphatic heterocycles. The summed E-state index contributed by atoms with van der Waals surface area (Å²) in [5, 5.41) is 2.83. The van der Waals surface area contributed by atoms with Crippen LogP contribution in [0.3, 0.4) is 0 Å². The molecule has 0 saturated carbocycles. The van der Waals surface area contributed by atoms with E-state index in [1.165, 1.54) is 11.0 Å². The number of nitrogens with one attached hydrogen (secondary N) is 1. The first-order chi connectivity index (χ1) is 12.0. The zero-order chi connectivity index (χ0) is 18.0. The quantitative estimate of drug-likeness (QED) is 0.854. The molecule has 2 aromatic carbocycles. The van der Waals surface area contributed by atoms with Crippen LogP contribution in [0.4, 0.5) is 0 Å². The van der Waals surface area contributed by atoms with Gasteiger partial charge in [-0.2, -0.15) is 0 Å². The third-order valence-electron chi connectivity index (χ3n) is 4.08. The van der Waals surface area contributed by atoms with Gasteiger partial charge < -0.3 is 5.32 Å². The lowest BCUT2D eigenvalue weighted by Crippen LogP contribution is -2.33. The topological polar surface area (TPSA) is 66.5 Å². The molecule has 5 nitrogen and oxygen atoms in total. The fraction of sp³-hybridized carbons (Fsp3) is 0.250. The minimum atomic E-state index is -0.327. The number of fused-ring (bicyclic) bond motifs is 1. The highest BCUT2D eigenvalue weighted by atomic mass is 16.2. The van der Waals surface area contributed by atoms with Crippen LogP contribution in [0, 0.1) is 5.92 Å². The maximum Gasteiger partial charge on any atom is 0.261 e. The lowest BCUT2D eigenvalue weighted by atomic mass is 10.1. The van der Waals surface area contributed by atoms with Crippen LogP contribution in [-0.2, 0) is 6.54 Å². The number of imide groups is 1. The number of hydrogen-bond donors (Lipinski definition) is 1. The number of carbonyl (C=O) groups excluding carboxylic acids is 3. The zero-order valence-corrected chi connectivity index (χ0v) is 14.3. The molecule has 3 amide bonds. The monoisotopic (exact) mass is 336 g/mol. The maximum absolute atomic E-state index is 12.5. The number of benzene rings is 2. The largest absolute Gasteiger partial charge is 0.348 e. The Labute approximate surface area is 146 Å². The smallest absolute Gasteiger partial charge is 0.261 e. The van der Waals surface area contributed by atoms with Crippen molar-refractivity contribution in [3.63, 3.8) is 0 Å². The van der Waals surface area contributed by atoms with Gasteiger partial charge in [0.2, 0.25) is 0 Å². The highest BCUT2D eigenvalue weighted by molar-refractivity contribution is 6.22. The Kier molecular flexibility index (Phi) is 4.65. The Balaban J connectivity index is 1.76. The van der Waals surface area contributed by atoms with E-state index in [0.717, 1.165) is 5.56 Å². The van der Waals surface area contributed by atoms with Gasteiger partial charge in [-0.25, -0.2) is 0 Å². The van der Waals surface area contributed by atoms with Crippen LogP contribution in [-0.4, -0.2) is 29.2 Å². The minimum absolute atomic E-state index is 0.191. The molecule has 0 atom stereocenters. The standard InChI is InChI=1S/C20H20N2O3/c1-13(2)12-22-19(24)16-9-8-15(10-17(16)20(22)25)18(23)21-11-14-6-4-3-5-7-14/h3-10,13H,11-12H2,1-2H3,(H,21,23). The molecule has 0 fully saturated rings. The van der Waals surface area contributed by atoms with E-state index in [1.807, 2.05) is 44.2 Å². The molecule has 0 aliphatic carbocycles. The molecule has 0 aromatic heterocycles. The van der Waals surface area contributed by atoms with E-state index >= 15 is 0 Å². The Morgan fingerprint density at radius 2 is 1.68 bits per heavy atom. The minimum Gasteiger partial charge on any atom is -0.348 e. The fourth-order valence-electron chi connectivity index (χ4n) is 2.84. The Hall–Kier alpha value is -2.95. The summed E-state index contributed by atoms with van der Waals surface area (Å²) in [7, 11) is 0. The molecular formula is C20H20N2O3. The van der Waals surface area contributed by atoms with E-state index in [1.54, 1.807) is 12.1 Å². The van der Waals surface area contributed by atoms with Crippen molar-refractivity contribution in [3.05, 3.63) is 70.8 Å². The van der Waals surface area contributed by atoms with Crippen molar-refractivity contribution in [1.29, 1.82) is 0 Å². The van der Waals surface area contributed by atoms with Gasteiger partial charge in [-0.3, -0.25) is 19.3 Å². The van der Waals surface area contributed by atoms with Gasteiger partial charge >= 0.3 is 0 Å². The molecule has 0 unspecified atom stereocenters. The van der Waals surface area contributed by atoms with Crippen LogP contribution in [0.15, 0.2) is 48.5 Å². The lowest BCUT2D eigenvalue weighted by Gasteiger charge is -2.15. The average Bonchev–Trinajstić information content (AvgIpc) is 2.84. The molecular weight excluding hydrogens is 316 g/mol. The average molecular weight is 336 g/mol. The second-order valence-electron chi connectivity index (χ2n) is 6.54. The molecule has 0 saturated heterocycles. The first-order valence-corrected chi connectivity index (χ1v) is 8.29.